The smallest absolute Gasteiger partial charge is 0.127 e. The van der Waals surface area contributed by atoms with Crippen molar-refractivity contribution in [2.45, 2.75) is 25.6 Å². The molecule has 0 spiro atoms. The van der Waals surface area contributed by atoms with E-state index in [9.17, 15) is 4.39 Å². The summed E-state index contributed by atoms with van der Waals surface area (Å²) in [6.07, 6.45) is 3.23. The molecule has 3 aromatic carbocycles. The quantitative estimate of drug-likeness (QED) is 0.377. The van der Waals surface area contributed by atoms with E-state index < -0.39 is 0 Å². The fourth-order valence-corrected chi connectivity index (χ4v) is 4.39. The summed E-state index contributed by atoms with van der Waals surface area (Å²) < 4.78 is 21.9. The normalized spacial score (nSPS) is 16.5. The van der Waals surface area contributed by atoms with E-state index in [1.807, 2.05) is 48.5 Å². The molecule has 0 aliphatic carbocycles. The van der Waals surface area contributed by atoms with Crippen molar-refractivity contribution >= 4 is 0 Å². The lowest BCUT2D eigenvalue weighted by atomic mass is 10.0. The number of nitrogens with zero attached hydrogens (tertiary/aromatic N) is 2. The predicted molar refractivity (Wildman–Crippen MR) is 121 cm³/mol. The van der Waals surface area contributed by atoms with Crippen molar-refractivity contribution in [3.63, 3.8) is 0 Å². The van der Waals surface area contributed by atoms with Crippen molar-refractivity contribution in [3.8, 4) is 11.5 Å². The van der Waals surface area contributed by atoms with Crippen LogP contribution in [0.1, 0.15) is 29.3 Å². The molecule has 0 N–H and O–H groups in total. The van der Waals surface area contributed by atoms with Crippen LogP contribution in [0.4, 0.5) is 4.39 Å². The second-order valence-corrected chi connectivity index (χ2v) is 7.97. The van der Waals surface area contributed by atoms with Gasteiger partial charge in [0.15, 0.2) is 0 Å². The SMILES string of the molecule is Fc1ccc(CN2CCCn3cccc3[C@H]2c2cccc(Oc3ccccc3)c2)cc1. The number of fused-ring (bicyclic) bond motifs is 1. The Balaban J connectivity index is 1.50. The minimum atomic E-state index is -0.198. The van der Waals surface area contributed by atoms with E-state index in [-0.39, 0.29) is 11.9 Å². The first-order valence-electron chi connectivity index (χ1n) is 10.7. The van der Waals surface area contributed by atoms with E-state index >= 15 is 0 Å². The number of hydrogen-bond acceptors (Lipinski definition) is 2. The summed E-state index contributed by atoms with van der Waals surface area (Å²) in [4.78, 5) is 2.48. The molecule has 3 nitrogen and oxygen atoms in total. The molecule has 1 aromatic heterocycles. The van der Waals surface area contributed by atoms with Crippen LogP contribution in [-0.4, -0.2) is 16.0 Å². The standard InChI is InChI=1S/C27H25FN2O/c28-23-14-12-21(13-15-23)20-30-18-6-17-29-16-5-11-26(29)27(30)22-7-4-10-25(19-22)31-24-8-2-1-3-9-24/h1-5,7-16,19,27H,6,17-18,20H2/t27-/m1/s1. The fourth-order valence-electron chi connectivity index (χ4n) is 4.39. The van der Waals surface area contributed by atoms with E-state index in [0.29, 0.717) is 0 Å². The number of halogens is 1. The predicted octanol–water partition coefficient (Wildman–Crippen LogP) is 6.41. The summed E-state index contributed by atoms with van der Waals surface area (Å²) in [7, 11) is 0. The molecule has 5 rings (SSSR count). The highest BCUT2D eigenvalue weighted by molar-refractivity contribution is 5.38. The molecule has 2 heterocycles. The van der Waals surface area contributed by atoms with Crippen LogP contribution in [0.5, 0.6) is 11.5 Å². The molecule has 1 aliphatic heterocycles. The first kappa shape index (κ1) is 19.6. The molecule has 0 radical (unpaired) electrons. The van der Waals surface area contributed by atoms with Crippen molar-refractivity contribution in [1.82, 2.24) is 9.47 Å². The van der Waals surface area contributed by atoms with Gasteiger partial charge < -0.3 is 9.30 Å². The molecule has 0 amide bonds. The summed E-state index contributed by atoms with van der Waals surface area (Å²) >= 11 is 0. The summed E-state index contributed by atoms with van der Waals surface area (Å²) in [5, 5.41) is 0. The molecule has 156 valence electrons. The highest BCUT2D eigenvalue weighted by atomic mass is 19.1. The van der Waals surface area contributed by atoms with Crippen LogP contribution in [0, 0.1) is 5.82 Å². The topological polar surface area (TPSA) is 17.4 Å². The molecule has 0 saturated carbocycles. The van der Waals surface area contributed by atoms with Crippen LogP contribution < -0.4 is 4.74 Å². The minimum absolute atomic E-state index is 0.0990. The van der Waals surface area contributed by atoms with Gasteiger partial charge in [-0.3, -0.25) is 4.90 Å². The summed E-state index contributed by atoms with van der Waals surface area (Å²) in [5.41, 5.74) is 3.58. The lowest BCUT2D eigenvalue weighted by Gasteiger charge is -2.31. The highest BCUT2D eigenvalue weighted by Crippen LogP contribution is 2.35. The molecular weight excluding hydrogens is 387 g/mol. The van der Waals surface area contributed by atoms with Gasteiger partial charge in [0.2, 0.25) is 0 Å². The van der Waals surface area contributed by atoms with Crippen molar-refractivity contribution < 1.29 is 9.13 Å². The molecule has 0 fully saturated rings. The van der Waals surface area contributed by atoms with Gasteiger partial charge in [-0.25, -0.2) is 4.39 Å². The van der Waals surface area contributed by atoms with Gasteiger partial charge in [-0.15, -0.1) is 0 Å². The molecule has 0 saturated heterocycles. The van der Waals surface area contributed by atoms with E-state index in [1.54, 1.807) is 12.1 Å². The van der Waals surface area contributed by atoms with Crippen LogP contribution in [0.3, 0.4) is 0 Å². The Hall–Kier alpha value is -3.37. The zero-order valence-electron chi connectivity index (χ0n) is 17.3. The van der Waals surface area contributed by atoms with Gasteiger partial charge in [0, 0.05) is 31.5 Å². The Bertz CT molecular complexity index is 1140. The molecule has 0 bridgehead atoms. The van der Waals surface area contributed by atoms with Gasteiger partial charge in [-0.1, -0.05) is 42.5 Å². The number of aryl methyl sites for hydroxylation is 1. The van der Waals surface area contributed by atoms with Crippen molar-refractivity contribution in [2.24, 2.45) is 0 Å². The first-order chi connectivity index (χ1) is 15.3. The Morgan fingerprint density at radius 1 is 0.806 bits per heavy atom. The number of aromatic nitrogens is 1. The van der Waals surface area contributed by atoms with Crippen molar-refractivity contribution in [2.75, 3.05) is 6.54 Å². The Labute approximate surface area is 182 Å². The lowest BCUT2D eigenvalue weighted by molar-refractivity contribution is 0.220. The summed E-state index contributed by atoms with van der Waals surface area (Å²) in [5.74, 6) is 1.45. The third kappa shape index (κ3) is 4.39. The van der Waals surface area contributed by atoms with E-state index in [4.69, 9.17) is 4.74 Å². The summed E-state index contributed by atoms with van der Waals surface area (Å²) in [6, 6.07) is 29.5. The number of benzene rings is 3. The maximum absolute atomic E-state index is 13.4. The van der Waals surface area contributed by atoms with E-state index in [1.165, 1.54) is 11.3 Å². The molecule has 1 atom stereocenters. The molecular formula is C27H25FN2O. The minimum Gasteiger partial charge on any atom is -0.457 e. The molecule has 4 aromatic rings. The van der Waals surface area contributed by atoms with Gasteiger partial charge in [-0.05, 0) is 66.1 Å². The van der Waals surface area contributed by atoms with Crippen LogP contribution in [0.2, 0.25) is 0 Å². The van der Waals surface area contributed by atoms with E-state index in [0.717, 1.165) is 43.1 Å². The van der Waals surface area contributed by atoms with Crippen molar-refractivity contribution in [1.29, 1.82) is 0 Å². The first-order valence-corrected chi connectivity index (χ1v) is 10.7. The molecule has 1 aliphatic rings. The van der Waals surface area contributed by atoms with Gasteiger partial charge >= 0.3 is 0 Å². The van der Waals surface area contributed by atoms with Crippen LogP contribution in [0.25, 0.3) is 0 Å². The van der Waals surface area contributed by atoms with Gasteiger partial charge in [0.05, 0.1) is 6.04 Å². The van der Waals surface area contributed by atoms with Gasteiger partial charge in [0.25, 0.3) is 0 Å². The van der Waals surface area contributed by atoms with Crippen LogP contribution in [0.15, 0.2) is 97.2 Å². The van der Waals surface area contributed by atoms with Gasteiger partial charge in [-0.2, -0.15) is 0 Å². The van der Waals surface area contributed by atoms with Crippen LogP contribution >= 0.6 is 0 Å². The van der Waals surface area contributed by atoms with Crippen molar-refractivity contribution in [3.05, 3.63) is 120 Å². The van der Waals surface area contributed by atoms with E-state index in [2.05, 4.69) is 46.0 Å². The Morgan fingerprint density at radius 2 is 1.61 bits per heavy atom. The van der Waals surface area contributed by atoms with Gasteiger partial charge in [0.1, 0.15) is 17.3 Å². The average Bonchev–Trinajstić information content (AvgIpc) is 3.17. The number of rotatable bonds is 5. The Morgan fingerprint density at radius 3 is 2.45 bits per heavy atom. The zero-order valence-corrected chi connectivity index (χ0v) is 17.3. The maximum Gasteiger partial charge on any atom is 0.127 e. The number of hydrogen-bond donors (Lipinski definition) is 0. The average molecular weight is 413 g/mol. The number of para-hydroxylation sites is 1. The largest absolute Gasteiger partial charge is 0.457 e. The summed E-state index contributed by atoms with van der Waals surface area (Å²) in [6.45, 7) is 2.73. The molecule has 4 heteroatoms. The second kappa shape index (κ2) is 8.78. The monoisotopic (exact) mass is 412 g/mol. The second-order valence-electron chi connectivity index (χ2n) is 7.97. The number of ether oxygens (including phenoxy) is 1. The lowest BCUT2D eigenvalue weighted by Crippen LogP contribution is -2.29. The fraction of sp³-hybridized carbons (Fsp3) is 0.185. The Kier molecular flexibility index (Phi) is 5.55. The third-order valence-corrected chi connectivity index (χ3v) is 5.81. The zero-order chi connectivity index (χ0) is 21.0. The molecule has 31 heavy (non-hydrogen) atoms. The third-order valence-electron chi connectivity index (χ3n) is 5.81. The molecule has 0 unspecified atom stereocenters. The maximum atomic E-state index is 13.4. The van der Waals surface area contributed by atoms with Crippen LogP contribution in [-0.2, 0) is 13.1 Å². The highest BCUT2D eigenvalue weighted by Gasteiger charge is 2.27.